The minimum Gasteiger partial charge on any atom is -0.403 e. The van der Waals surface area contributed by atoms with E-state index < -0.39 is 0 Å². The Morgan fingerprint density at radius 1 is 1.50 bits per heavy atom. The molecule has 0 unspecified atom stereocenters. The SMILES string of the molecule is CC(C)N(N)C=CN. The quantitative estimate of drug-likeness (QED) is 0.393. The van der Waals surface area contributed by atoms with E-state index in [-0.39, 0.29) is 0 Å². The first-order chi connectivity index (χ1) is 3.68. The molecule has 0 saturated carbocycles. The Labute approximate surface area is 49.9 Å². The van der Waals surface area contributed by atoms with E-state index in [9.17, 15) is 0 Å². The maximum Gasteiger partial charge on any atom is 0.0389 e. The molecule has 3 nitrogen and oxygen atoms in total. The normalized spacial score (nSPS) is 11.0. The van der Waals surface area contributed by atoms with Crippen LogP contribution in [0.25, 0.3) is 0 Å². The number of hydrogen-bond donors (Lipinski definition) is 2. The highest BCUT2D eigenvalue weighted by Gasteiger charge is 1.93. The Balaban J connectivity index is 3.47. The lowest BCUT2D eigenvalue weighted by Gasteiger charge is -2.16. The van der Waals surface area contributed by atoms with Crippen molar-refractivity contribution < 1.29 is 0 Å². The summed E-state index contributed by atoms with van der Waals surface area (Å²) in [5.41, 5.74) is 5.06. The van der Waals surface area contributed by atoms with Gasteiger partial charge in [0, 0.05) is 18.4 Å². The van der Waals surface area contributed by atoms with Gasteiger partial charge in [0.1, 0.15) is 0 Å². The third-order valence-electron chi connectivity index (χ3n) is 0.854. The van der Waals surface area contributed by atoms with E-state index in [1.807, 2.05) is 13.8 Å². The summed E-state index contributed by atoms with van der Waals surface area (Å²) in [5, 5.41) is 1.54. The first-order valence-electron chi connectivity index (χ1n) is 2.60. The van der Waals surface area contributed by atoms with Crippen LogP contribution in [0.4, 0.5) is 0 Å². The van der Waals surface area contributed by atoms with Crippen LogP contribution in [-0.2, 0) is 0 Å². The van der Waals surface area contributed by atoms with Gasteiger partial charge < -0.3 is 10.7 Å². The number of hydrogen-bond acceptors (Lipinski definition) is 3. The predicted octanol–water partition coefficient (Wildman–Crippen LogP) is 0.000400. The molecule has 0 heterocycles. The minimum absolute atomic E-state index is 0.315. The molecule has 4 N–H and O–H groups in total. The van der Waals surface area contributed by atoms with Crippen molar-refractivity contribution in [1.82, 2.24) is 5.01 Å². The summed E-state index contributed by atoms with van der Waals surface area (Å²) in [5.74, 6) is 5.39. The Morgan fingerprint density at radius 2 is 2.00 bits per heavy atom. The largest absolute Gasteiger partial charge is 0.403 e. The van der Waals surface area contributed by atoms with Crippen molar-refractivity contribution in [2.75, 3.05) is 0 Å². The summed E-state index contributed by atoms with van der Waals surface area (Å²) in [6.07, 6.45) is 3.05. The van der Waals surface area contributed by atoms with Crippen LogP contribution in [0, 0.1) is 0 Å². The number of hydrazine groups is 1. The van der Waals surface area contributed by atoms with Crippen molar-refractivity contribution in [1.29, 1.82) is 0 Å². The van der Waals surface area contributed by atoms with Gasteiger partial charge in [0.05, 0.1) is 0 Å². The Bertz CT molecular complexity index is 77.7. The van der Waals surface area contributed by atoms with Crippen LogP contribution < -0.4 is 11.6 Å². The van der Waals surface area contributed by atoms with E-state index in [1.54, 1.807) is 11.2 Å². The van der Waals surface area contributed by atoms with E-state index >= 15 is 0 Å². The molecule has 0 aromatic rings. The molecule has 0 aliphatic heterocycles. The van der Waals surface area contributed by atoms with Crippen molar-refractivity contribution in [3.05, 3.63) is 12.4 Å². The monoisotopic (exact) mass is 115 g/mol. The lowest BCUT2D eigenvalue weighted by Crippen LogP contribution is -2.32. The zero-order valence-electron chi connectivity index (χ0n) is 5.33. The van der Waals surface area contributed by atoms with Gasteiger partial charge in [0.25, 0.3) is 0 Å². The lowest BCUT2D eigenvalue weighted by molar-refractivity contribution is 0.322. The average Bonchev–Trinajstić information content (AvgIpc) is 1.67. The van der Waals surface area contributed by atoms with Gasteiger partial charge in [-0.3, -0.25) is 0 Å². The number of rotatable bonds is 2. The Kier molecular flexibility index (Phi) is 3.03. The predicted molar refractivity (Wildman–Crippen MR) is 34.5 cm³/mol. The second kappa shape index (κ2) is 3.32. The molecule has 0 aromatic heterocycles. The van der Waals surface area contributed by atoms with Crippen molar-refractivity contribution in [3.8, 4) is 0 Å². The van der Waals surface area contributed by atoms with Gasteiger partial charge in [-0.15, -0.1) is 0 Å². The van der Waals surface area contributed by atoms with Crippen LogP contribution in [-0.4, -0.2) is 11.1 Å². The van der Waals surface area contributed by atoms with E-state index in [2.05, 4.69) is 0 Å². The minimum atomic E-state index is 0.315. The molecule has 0 saturated heterocycles. The molecule has 0 radical (unpaired) electrons. The van der Waals surface area contributed by atoms with Crippen LogP contribution in [0.5, 0.6) is 0 Å². The standard InChI is InChI=1S/C5H13N3/c1-5(2)8(7)4-3-6/h3-5H,6-7H2,1-2H3. The van der Waals surface area contributed by atoms with E-state index in [0.717, 1.165) is 0 Å². The fourth-order valence-electron chi connectivity index (χ4n) is 0.272. The number of nitrogens with zero attached hydrogens (tertiary/aromatic N) is 1. The molecule has 48 valence electrons. The molecular formula is C5H13N3. The molecular weight excluding hydrogens is 102 g/mol. The fraction of sp³-hybridized carbons (Fsp3) is 0.600. The highest BCUT2D eigenvalue weighted by Crippen LogP contribution is 1.87. The molecule has 0 rings (SSSR count). The van der Waals surface area contributed by atoms with Gasteiger partial charge in [-0.05, 0) is 13.8 Å². The third kappa shape index (κ3) is 2.47. The topological polar surface area (TPSA) is 55.3 Å². The zero-order valence-corrected chi connectivity index (χ0v) is 5.33. The fourth-order valence-corrected chi connectivity index (χ4v) is 0.272. The van der Waals surface area contributed by atoms with Crippen LogP contribution in [0.1, 0.15) is 13.8 Å². The van der Waals surface area contributed by atoms with Crippen molar-refractivity contribution >= 4 is 0 Å². The third-order valence-corrected chi connectivity index (χ3v) is 0.854. The molecule has 0 aromatic carbocycles. The first kappa shape index (κ1) is 7.30. The van der Waals surface area contributed by atoms with Crippen LogP contribution in [0.15, 0.2) is 12.4 Å². The lowest BCUT2D eigenvalue weighted by atomic mass is 10.4. The van der Waals surface area contributed by atoms with E-state index in [1.165, 1.54) is 6.20 Å². The molecule has 0 aliphatic carbocycles. The summed E-state index contributed by atoms with van der Waals surface area (Å²) in [6.45, 7) is 3.97. The Hall–Kier alpha value is -0.700. The highest BCUT2D eigenvalue weighted by molar-refractivity contribution is 4.75. The van der Waals surface area contributed by atoms with Crippen LogP contribution in [0.2, 0.25) is 0 Å². The number of nitrogens with two attached hydrogens (primary N) is 2. The van der Waals surface area contributed by atoms with Crippen LogP contribution in [0.3, 0.4) is 0 Å². The summed E-state index contributed by atoms with van der Waals surface area (Å²) in [6, 6.07) is 0.315. The molecule has 0 aliphatic rings. The van der Waals surface area contributed by atoms with Gasteiger partial charge in [0.15, 0.2) is 0 Å². The van der Waals surface area contributed by atoms with E-state index in [0.29, 0.717) is 6.04 Å². The molecule has 0 fully saturated rings. The molecule has 0 bridgehead atoms. The summed E-state index contributed by atoms with van der Waals surface area (Å²) in [7, 11) is 0. The van der Waals surface area contributed by atoms with Crippen molar-refractivity contribution in [3.63, 3.8) is 0 Å². The first-order valence-corrected chi connectivity index (χ1v) is 2.60. The van der Waals surface area contributed by atoms with Crippen molar-refractivity contribution in [2.45, 2.75) is 19.9 Å². The highest BCUT2D eigenvalue weighted by atomic mass is 15.4. The van der Waals surface area contributed by atoms with E-state index in [4.69, 9.17) is 11.6 Å². The maximum absolute atomic E-state index is 5.39. The maximum atomic E-state index is 5.39. The van der Waals surface area contributed by atoms with Crippen LogP contribution >= 0.6 is 0 Å². The molecule has 3 heteroatoms. The molecule has 0 amide bonds. The molecule has 0 atom stereocenters. The second-order valence-electron chi connectivity index (χ2n) is 1.88. The molecule has 8 heavy (non-hydrogen) atoms. The molecule has 0 spiro atoms. The average molecular weight is 115 g/mol. The zero-order chi connectivity index (χ0) is 6.57. The van der Waals surface area contributed by atoms with Gasteiger partial charge >= 0.3 is 0 Å². The summed E-state index contributed by atoms with van der Waals surface area (Å²) in [4.78, 5) is 0. The van der Waals surface area contributed by atoms with Gasteiger partial charge in [-0.2, -0.15) is 0 Å². The van der Waals surface area contributed by atoms with Gasteiger partial charge in [0.2, 0.25) is 0 Å². The van der Waals surface area contributed by atoms with Gasteiger partial charge in [-0.1, -0.05) is 0 Å². The van der Waals surface area contributed by atoms with Gasteiger partial charge in [-0.25, -0.2) is 5.84 Å². The smallest absolute Gasteiger partial charge is 0.0389 e. The second-order valence-corrected chi connectivity index (χ2v) is 1.88. The Morgan fingerprint density at radius 3 is 2.12 bits per heavy atom. The van der Waals surface area contributed by atoms with Crippen molar-refractivity contribution in [2.24, 2.45) is 11.6 Å². The summed E-state index contributed by atoms with van der Waals surface area (Å²) < 4.78 is 0. The summed E-state index contributed by atoms with van der Waals surface area (Å²) >= 11 is 0.